The largest absolute Gasteiger partial charge is 0.369 e. The van der Waals surface area contributed by atoms with Gasteiger partial charge in [0.05, 0.1) is 38.7 Å². The first-order valence-corrected chi connectivity index (χ1v) is 13.1. The fourth-order valence-corrected chi connectivity index (χ4v) is 8.61. The van der Waals surface area contributed by atoms with Gasteiger partial charge in [-0.3, -0.25) is 0 Å². The van der Waals surface area contributed by atoms with Gasteiger partial charge >= 0.3 is 0 Å². The summed E-state index contributed by atoms with van der Waals surface area (Å²) in [7, 11) is 0.890. The van der Waals surface area contributed by atoms with Crippen LogP contribution in [0.5, 0.6) is 0 Å². The quantitative estimate of drug-likeness (QED) is 0.446. The fraction of sp³-hybridized carbons (Fsp3) is 1.00. The average molecular weight is 267 g/mol. The summed E-state index contributed by atoms with van der Waals surface area (Å²) in [5, 5.41) is 0. The molecule has 88 valence electrons. The minimum atomic E-state index is 0.222. The Hall–Kier alpha value is 0.788. The Balaban J connectivity index is 0. The lowest BCUT2D eigenvalue weighted by Crippen LogP contribution is -2.21. The third-order valence-electron chi connectivity index (χ3n) is 1.71. The van der Waals surface area contributed by atoms with E-state index in [1.165, 1.54) is 24.2 Å². The van der Waals surface area contributed by atoms with E-state index >= 15 is 0 Å². The first kappa shape index (κ1) is 17.2. The van der Waals surface area contributed by atoms with Crippen LogP contribution in [0.25, 0.3) is 0 Å². The van der Waals surface area contributed by atoms with Crippen LogP contribution in [0.2, 0.25) is 24.2 Å². The predicted octanol–water partition coefficient (Wildman–Crippen LogP) is -0.760. The normalized spacial score (nSPS) is 12.9. The SMILES string of the molecule is CC[SiH2]N[SiH2]CC.CC[SiH2]N[SiH2]CC. The molecule has 0 atom stereocenters. The molecule has 0 rings (SSSR count). The molecule has 0 radical (unpaired) electrons. The Bertz CT molecular complexity index is 67.7. The second kappa shape index (κ2) is 19.4. The minimum absolute atomic E-state index is 0.222. The van der Waals surface area contributed by atoms with Gasteiger partial charge in [0.1, 0.15) is 0 Å². The zero-order valence-electron chi connectivity index (χ0n) is 10.7. The van der Waals surface area contributed by atoms with Crippen LogP contribution in [0, 0.1) is 0 Å². The number of rotatable bonds is 8. The van der Waals surface area contributed by atoms with E-state index in [1.54, 1.807) is 0 Å². The van der Waals surface area contributed by atoms with Gasteiger partial charge in [-0.25, -0.2) is 0 Å². The summed E-state index contributed by atoms with van der Waals surface area (Å²) in [6.45, 7) is 9.07. The molecule has 2 nitrogen and oxygen atoms in total. The lowest BCUT2D eigenvalue weighted by molar-refractivity contribution is 1.34. The zero-order chi connectivity index (χ0) is 11.1. The third kappa shape index (κ3) is 23.0. The second-order valence-corrected chi connectivity index (χ2v) is 13.5. The van der Waals surface area contributed by atoms with Crippen LogP contribution in [0.4, 0.5) is 0 Å². The van der Waals surface area contributed by atoms with Crippen molar-refractivity contribution in [2.45, 2.75) is 51.9 Å². The molecule has 0 saturated heterocycles. The van der Waals surface area contributed by atoms with Gasteiger partial charge in [-0.15, -0.1) is 0 Å². The molecule has 0 saturated carbocycles. The Labute approximate surface area is 100 Å². The van der Waals surface area contributed by atoms with E-state index in [0.29, 0.717) is 0 Å². The van der Waals surface area contributed by atoms with Crippen LogP contribution in [0.1, 0.15) is 27.7 Å². The van der Waals surface area contributed by atoms with Crippen LogP contribution in [-0.4, -0.2) is 38.7 Å². The molecule has 0 bridgehead atoms. The summed E-state index contributed by atoms with van der Waals surface area (Å²) in [6.07, 6.45) is 0. The molecule has 0 spiro atoms. The molecular weight excluding hydrogens is 236 g/mol. The van der Waals surface area contributed by atoms with Gasteiger partial charge in [-0.05, 0) is 0 Å². The smallest absolute Gasteiger partial charge is 0.0842 e. The van der Waals surface area contributed by atoms with Crippen LogP contribution < -0.4 is 9.30 Å². The summed E-state index contributed by atoms with van der Waals surface area (Å²) in [4.78, 5) is 0. The molecule has 14 heavy (non-hydrogen) atoms. The molecule has 0 aromatic rings. The van der Waals surface area contributed by atoms with Gasteiger partial charge in [-0.2, -0.15) is 0 Å². The zero-order valence-corrected chi connectivity index (χ0v) is 16.3. The standard InChI is InChI=1S/2C4H15NSi2/c2*1-3-6-5-7-4-2/h2*5H,3-4,6-7H2,1-2H3. The van der Waals surface area contributed by atoms with E-state index in [0.717, 1.165) is 0 Å². The van der Waals surface area contributed by atoms with Gasteiger partial charge in [-0.1, -0.05) is 51.9 Å². The maximum atomic E-state index is 3.56. The summed E-state index contributed by atoms with van der Waals surface area (Å²) in [6, 6.07) is 5.69. The second-order valence-electron chi connectivity index (χ2n) is 3.50. The van der Waals surface area contributed by atoms with Crippen molar-refractivity contribution in [2.24, 2.45) is 0 Å². The number of nitrogens with one attached hydrogen (secondary N) is 2. The van der Waals surface area contributed by atoms with E-state index in [-0.39, 0.29) is 38.7 Å². The van der Waals surface area contributed by atoms with Crippen molar-refractivity contribution in [1.82, 2.24) is 9.30 Å². The van der Waals surface area contributed by atoms with E-state index in [4.69, 9.17) is 0 Å². The lowest BCUT2D eigenvalue weighted by Gasteiger charge is -1.93. The molecule has 0 amide bonds. The molecule has 6 heteroatoms. The number of hydrogen-bond donors (Lipinski definition) is 2. The molecule has 0 aromatic carbocycles. The highest BCUT2D eigenvalue weighted by Gasteiger charge is 1.79. The maximum Gasteiger partial charge on any atom is 0.0842 e. The molecule has 0 fully saturated rings. The van der Waals surface area contributed by atoms with Gasteiger partial charge in [0.25, 0.3) is 0 Å². The van der Waals surface area contributed by atoms with Gasteiger partial charge in [0.2, 0.25) is 0 Å². The van der Waals surface area contributed by atoms with E-state index < -0.39 is 0 Å². The highest BCUT2D eigenvalue weighted by molar-refractivity contribution is 6.50. The van der Waals surface area contributed by atoms with Crippen molar-refractivity contribution in [1.29, 1.82) is 0 Å². The van der Waals surface area contributed by atoms with Crippen molar-refractivity contribution in [3.05, 3.63) is 0 Å². The molecule has 0 aliphatic heterocycles. The molecule has 0 aromatic heterocycles. The van der Waals surface area contributed by atoms with Gasteiger partial charge in [0, 0.05) is 0 Å². The highest BCUT2D eigenvalue weighted by Crippen LogP contribution is 1.69. The average Bonchev–Trinajstić information content (AvgIpc) is 2.21. The maximum absolute atomic E-state index is 3.56. The summed E-state index contributed by atoms with van der Waals surface area (Å²) >= 11 is 0. The summed E-state index contributed by atoms with van der Waals surface area (Å²) in [5.41, 5.74) is 0. The Morgan fingerprint density at radius 2 is 0.786 bits per heavy atom. The number of hydrogen-bond acceptors (Lipinski definition) is 2. The monoisotopic (exact) mass is 266 g/mol. The van der Waals surface area contributed by atoms with E-state index in [1.807, 2.05) is 0 Å². The first-order valence-electron chi connectivity index (χ1n) is 6.24. The lowest BCUT2D eigenvalue weighted by atomic mass is 11.0. The highest BCUT2D eigenvalue weighted by atomic mass is 28.3. The Morgan fingerprint density at radius 1 is 0.571 bits per heavy atom. The van der Waals surface area contributed by atoms with Crippen LogP contribution >= 0.6 is 0 Å². The van der Waals surface area contributed by atoms with Crippen LogP contribution in [0.15, 0.2) is 0 Å². The molecule has 0 aliphatic carbocycles. The third-order valence-corrected chi connectivity index (χ3v) is 9.36. The fourth-order valence-electron chi connectivity index (χ4n) is 0.957. The molecule has 0 aliphatic rings. The van der Waals surface area contributed by atoms with Crippen molar-refractivity contribution >= 4 is 38.7 Å². The first-order chi connectivity index (χ1) is 6.83. The Morgan fingerprint density at radius 3 is 0.929 bits per heavy atom. The van der Waals surface area contributed by atoms with Crippen LogP contribution in [-0.2, 0) is 0 Å². The minimum Gasteiger partial charge on any atom is -0.369 e. The van der Waals surface area contributed by atoms with Gasteiger partial charge in [0.15, 0.2) is 0 Å². The topological polar surface area (TPSA) is 24.1 Å². The molecule has 0 heterocycles. The molecular formula is C8H30N2Si4. The molecule has 0 unspecified atom stereocenters. The van der Waals surface area contributed by atoms with Gasteiger partial charge < -0.3 is 9.30 Å². The summed E-state index contributed by atoms with van der Waals surface area (Å²) in [5.74, 6) is 0. The van der Waals surface area contributed by atoms with E-state index in [2.05, 4.69) is 37.0 Å². The van der Waals surface area contributed by atoms with Crippen molar-refractivity contribution < 1.29 is 0 Å². The predicted molar refractivity (Wildman–Crippen MR) is 82.4 cm³/mol. The molecule has 2 N–H and O–H groups in total. The van der Waals surface area contributed by atoms with E-state index in [9.17, 15) is 0 Å². The van der Waals surface area contributed by atoms with Crippen LogP contribution in [0.3, 0.4) is 0 Å². The Kier molecular flexibility index (Phi) is 23.8. The summed E-state index contributed by atoms with van der Waals surface area (Å²) < 4.78 is 7.12. The van der Waals surface area contributed by atoms with Crippen molar-refractivity contribution in [2.75, 3.05) is 0 Å². The van der Waals surface area contributed by atoms with Crippen molar-refractivity contribution in [3.8, 4) is 0 Å². The van der Waals surface area contributed by atoms with Crippen molar-refractivity contribution in [3.63, 3.8) is 0 Å².